The highest BCUT2D eigenvalue weighted by atomic mass is 16.5. The number of hydrogen-bond donors (Lipinski definition) is 1. The Hall–Kier alpha value is -2.36. The SMILES string of the molecule is C/C(=C(/C#N)C(=O)NC(C)(C)CCOC(C)C)c1ccc(N2CCOCC2)cc1. The smallest absolute Gasteiger partial charge is 0.262 e. The molecule has 0 aromatic heterocycles. The molecule has 0 bridgehead atoms. The molecule has 0 aliphatic carbocycles. The van der Waals surface area contributed by atoms with Crippen LogP contribution in [0.15, 0.2) is 29.8 Å². The molecule has 0 unspecified atom stereocenters. The van der Waals surface area contributed by atoms with Crippen molar-refractivity contribution in [3.8, 4) is 6.07 Å². The highest BCUT2D eigenvalue weighted by Crippen LogP contribution is 2.23. The van der Waals surface area contributed by atoms with Crippen molar-refractivity contribution < 1.29 is 14.3 Å². The van der Waals surface area contributed by atoms with Gasteiger partial charge in [-0.05, 0) is 64.3 Å². The molecule has 1 N–H and O–H groups in total. The van der Waals surface area contributed by atoms with E-state index in [0.29, 0.717) is 18.6 Å². The lowest BCUT2D eigenvalue weighted by atomic mass is 9.97. The molecule has 6 nitrogen and oxygen atoms in total. The van der Waals surface area contributed by atoms with Gasteiger partial charge in [0.1, 0.15) is 11.6 Å². The monoisotopic (exact) mass is 399 g/mol. The van der Waals surface area contributed by atoms with Crippen LogP contribution in [0.3, 0.4) is 0 Å². The molecule has 0 radical (unpaired) electrons. The van der Waals surface area contributed by atoms with Gasteiger partial charge < -0.3 is 19.7 Å². The van der Waals surface area contributed by atoms with Crippen LogP contribution in [0, 0.1) is 11.3 Å². The van der Waals surface area contributed by atoms with E-state index < -0.39 is 5.54 Å². The second kappa shape index (κ2) is 10.4. The molecule has 1 heterocycles. The topological polar surface area (TPSA) is 74.6 Å². The third kappa shape index (κ3) is 6.88. The molecule has 1 aliphatic heterocycles. The van der Waals surface area contributed by atoms with Gasteiger partial charge in [0.05, 0.1) is 19.3 Å². The molecule has 1 aromatic carbocycles. The van der Waals surface area contributed by atoms with E-state index in [9.17, 15) is 10.1 Å². The lowest BCUT2D eigenvalue weighted by molar-refractivity contribution is -0.118. The molecule has 0 spiro atoms. The third-order valence-electron chi connectivity index (χ3n) is 5.02. The number of hydrogen-bond acceptors (Lipinski definition) is 5. The largest absolute Gasteiger partial charge is 0.379 e. The summed E-state index contributed by atoms with van der Waals surface area (Å²) >= 11 is 0. The number of carbonyl (C=O) groups excluding carboxylic acids is 1. The van der Waals surface area contributed by atoms with E-state index in [1.807, 2.05) is 58.9 Å². The first-order valence-electron chi connectivity index (χ1n) is 10.2. The van der Waals surface area contributed by atoms with Crippen LogP contribution in [0.2, 0.25) is 0 Å². The number of amides is 1. The van der Waals surface area contributed by atoms with E-state index in [4.69, 9.17) is 9.47 Å². The van der Waals surface area contributed by atoms with E-state index in [2.05, 4.69) is 16.3 Å². The second-order valence-electron chi connectivity index (χ2n) is 8.27. The minimum atomic E-state index is -0.464. The highest BCUT2D eigenvalue weighted by Gasteiger charge is 2.24. The summed E-state index contributed by atoms with van der Waals surface area (Å²) in [5.41, 5.74) is 2.35. The fraction of sp³-hybridized carbons (Fsp3) is 0.565. The zero-order valence-corrected chi connectivity index (χ0v) is 18.2. The van der Waals surface area contributed by atoms with Gasteiger partial charge in [0.15, 0.2) is 0 Å². The van der Waals surface area contributed by atoms with Crippen molar-refractivity contribution in [3.63, 3.8) is 0 Å². The second-order valence-corrected chi connectivity index (χ2v) is 8.27. The minimum Gasteiger partial charge on any atom is -0.379 e. The van der Waals surface area contributed by atoms with Crippen molar-refractivity contribution in [1.82, 2.24) is 5.32 Å². The van der Waals surface area contributed by atoms with Crippen LogP contribution >= 0.6 is 0 Å². The molecule has 29 heavy (non-hydrogen) atoms. The Labute approximate surface area is 174 Å². The van der Waals surface area contributed by atoms with Crippen LogP contribution in [-0.2, 0) is 14.3 Å². The molecule has 0 saturated carbocycles. The van der Waals surface area contributed by atoms with Gasteiger partial charge in [-0.3, -0.25) is 4.79 Å². The first-order chi connectivity index (χ1) is 13.7. The molecule has 0 atom stereocenters. The predicted octanol–water partition coefficient (Wildman–Crippen LogP) is 3.53. The number of nitriles is 1. The van der Waals surface area contributed by atoms with Gasteiger partial charge in [-0.15, -0.1) is 0 Å². The van der Waals surface area contributed by atoms with Gasteiger partial charge in [-0.1, -0.05) is 12.1 Å². The first-order valence-corrected chi connectivity index (χ1v) is 10.2. The van der Waals surface area contributed by atoms with Crippen LogP contribution in [0.5, 0.6) is 0 Å². The van der Waals surface area contributed by atoms with E-state index in [0.717, 1.165) is 37.6 Å². The normalized spacial score (nSPS) is 15.7. The number of anilines is 1. The lowest BCUT2D eigenvalue weighted by Gasteiger charge is -2.29. The predicted molar refractivity (Wildman–Crippen MR) is 116 cm³/mol. The van der Waals surface area contributed by atoms with Gasteiger partial charge in [0, 0.05) is 30.9 Å². The number of nitrogens with zero attached hydrogens (tertiary/aromatic N) is 2. The minimum absolute atomic E-state index is 0.141. The Morgan fingerprint density at radius 2 is 1.90 bits per heavy atom. The van der Waals surface area contributed by atoms with Crippen LogP contribution in [0.4, 0.5) is 5.69 Å². The average Bonchev–Trinajstić information content (AvgIpc) is 2.68. The number of ether oxygens (including phenoxy) is 2. The maximum absolute atomic E-state index is 12.8. The van der Waals surface area contributed by atoms with Crippen molar-refractivity contribution in [2.45, 2.75) is 52.7 Å². The maximum atomic E-state index is 12.8. The van der Waals surface area contributed by atoms with E-state index in [1.165, 1.54) is 0 Å². The quantitative estimate of drug-likeness (QED) is 0.535. The number of nitrogens with one attached hydrogen (secondary N) is 1. The number of carbonyl (C=O) groups is 1. The maximum Gasteiger partial charge on any atom is 0.262 e. The van der Waals surface area contributed by atoms with Gasteiger partial charge in [-0.2, -0.15) is 5.26 Å². The molecule has 1 saturated heterocycles. The Morgan fingerprint density at radius 1 is 1.28 bits per heavy atom. The van der Waals surface area contributed by atoms with Crippen molar-refractivity contribution in [2.24, 2.45) is 0 Å². The summed E-state index contributed by atoms with van der Waals surface area (Å²) in [7, 11) is 0. The van der Waals surface area contributed by atoms with Gasteiger partial charge in [0.25, 0.3) is 5.91 Å². The summed E-state index contributed by atoms with van der Waals surface area (Å²) in [5.74, 6) is -0.350. The average molecular weight is 400 g/mol. The summed E-state index contributed by atoms with van der Waals surface area (Å²) in [6.45, 7) is 13.4. The molecular formula is C23H33N3O3. The van der Waals surface area contributed by atoms with Crippen LogP contribution < -0.4 is 10.2 Å². The van der Waals surface area contributed by atoms with E-state index in [1.54, 1.807) is 0 Å². The van der Waals surface area contributed by atoms with E-state index in [-0.39, 0.29) is 17.6 Å². The molecule has 1 aliphatic rings. The van der Waals surface area contributed by atoms with Crippen LogP contribution in [0.25, 0.3) is 5.57 Å². The number of rotatable bonds is 8. The standard InChI is InChI=1S/C23H33N3O3/c1-17(2)29-13-10-23(4,5)25-22(27)21(16-24)18(3)19-6-8-20(9-7-19)26-11-14-28-15-12-26/h6-9,17H,10-15H2,1-5H3,(H,25,27)/b21-18+. The fourth-order valence-electron chi connectivity index (χ4n) is 3.18. The third-order valence-corrected chi connectivity index (χ3v) is 5.02. The van der Waals surface area contributed by atoms with E-state index >= 15 is 0 Å². The highest BCUT2D eigenvalue weighted by molar-refractivity contribution is 6.04. The summed E-state index contributed by atoms with van der Waals surface area (Å²) < 4.78 is 11.0. The Balaban J connectivity index is 2.09. The summed E-state index contributed by atoms with van der Waals surface area (Å²) in [5, 5.41) is 12.6. The fourth-order valence-corrected chi connectivity index (χ4v) is 3.18. The van der Waals surface area contributed by atoms with Crippen molar-refractivity contribution in [3.05, 3.63) is 35.4 Å². The van der Waals surface area contributed by atoms with Gasteiger partial charge >= 0.3 is 0 Å². The Bertz CT molecular complexity index is 755. The van der Waals surface area contributed by atoms with Crippen LogP contribution in [0.1, 0.15) is 46.6 Å². The van der Waals surface area contributed by atoms with Crippen LogP contribution in [-0.4, -0.2) is 50.5 Å². The number of benzene rings is 1. The zero-order valence-electron chi connectivity index (χ0n) is 18.2. The molecule has 1 aromatic rings. The number of morpholine rings is 1. The molecule has 1 amide bonds. The summed E-state index contributed by atoms with van der Waals surface area (Å²) in [6, 6.07) is 10.1. The molecule has 158 valence electrons. The van der Waals surface area contributed by atoms with Gasteiger partial charge in [0.2, 0.25) is 0 Å². The molecule has 1 fully saturated rings. The Kier molecular flexibility index (Phi) is 8.24. The lowest BCUT2D eigenvalue weighted by Crippen LogP contribution is -2.45. The molecule has 6 heteroatoms. The zero-order chi connectivity index (χ0) is 21.4. The van der Waals surface area contributed by atoms with Gasteiger partial charge in [-0.25, -0.2) is 0 Å². The number of allylic oxidation sites excluding steroid dienone is 1. The summed E-state index contributed by atoms with van der Waals surface area (Å²) in [4.78, 5) is 15.0. The van der Waals surface area contributed by atoms with Crippen molar-refractivity contribution in [1.29, 1.82) is 5.26 Å². The molecular weight excluding hydrogens is 366 g/mol. The summed E-state index contributed by atoms with van der Waals surface area (Å²) in [6.07, 6.45) is 0.821. The Morgan fingerprint density at radius 3 is 2.45 bits per heavy atom. The first kappa shape index (κ1) is 22.9. The van der Waals surface area contributed by atoms with Crippen molar-refractivity contribution in [2.75, 3.05) is 37.8 Å². The van der Waals surface area contributed by atoms with Crippen molar-refractivity contribution >= 4 is 17.2 Å². The molecule has 2 rings (SSSR count).